The van der Waals surface area contributed by atoms with Crippen LogP contribution < -0.4 is 10.2 Å². The van der Waals surface area contributed by atoms with E-state index >= 15 is 0 Å². The van der Waals surface area contributed by atoms with Crippen molar-refractivity contribution in [1.29, 1.82) is 0 Å². The Labute approximate surface area is 282 Å². The van der Waals surface area contributed by atoms with Gasteiger partial charge in [-0.3, -0.25) is 14.4 Å². The molecule has 1 aromatic carbocycles. The van der Waals surface area contributed by atoms with E-state index in [1.54, 1.807) is 59.5 Å². The van der Waals surface area contributed by atoms with E-state index in [9.17, 15) is 14.4 Å². The third kappa shape index (κ3) is 11.0. The number of amides is 2. The zero-order valence-corrected chi connectivity index (χ0v) is 30.5. The number of nitrogens with zero attached hydrogens (tertiary/aromatic N) is 3. The van der Waals surface area contributed by atoms with Gasteiger partial charge in [-0.25, -0.2) is 0 Å². The van der Waals surface area contributed by atoms with Crippen molar-refractivity contribution < 1.29 is 23.9 Å². The van der Waals surface area contributed by atoms with Crippen molar-refractivity contribution in [2.45, 2.75) is 72.2 Å². The second kappa shape index (κ2) is 17.1. The van der Waals surface area contributed by atoms with Crippen molar-refractivity contribution in [3.63, 3.8) is 0 Å². The third-order valence-electron chi connectivity index (χ3n) is 7.08. The number of hydrogen-bond acceptors (Lipinski definition) is 9. The number of anilines is 1. The number of para-hydroxylation sites is 1. The lowest BCUT2D eigenvalue weighted by Gasteiger charge is -2.31. The number of fused-ring (bicyclic) bond motifs is 1. The van der Waals surface area contributed by atoms with Crippen LogP contribution in [0.15, 0.2) is 76.5 Å². The summed E-state index contributed by atoms with van der Waals surface area (Å²) in [6.07, 6.45) is 3.56. The van der Waals surface area contributed by atoms with Crippen molar-refractivity contribution in [3.8, 4) is 0 Å². The van der Waals surface area contributed by atoms with Crippen LogP contribution in [0.5, 0.6) is 0 Å². The molecule has 0 saturated heterocycles. The smallest absolute Gasteiger partial charge is 0.311 e. The molecule has 0 unspecified atom stereocenters. The first-order valence-electron chi connectivity index (χ1n) is 15.3. The fraction of sp³-hybridized carbons (Fsp3) is 0.514. The summed E-state index contributed by atoms with van der Waals surface area (Å²) in [6, 6.07) is 7.59. The number of esters is 1. The van der Waals surface area contributed by atoms with Crippen molar-refractivity contribution >= 4 is 50.8 Å². The van der Waals surface area contributed by atoms with Gasteiger partial charge >= 0.3 is 5.97 Å². The minimum Gasteiger partial charge on any atom is -0.464 e. The van der Waals surface area contributed by atoms with Crippen LogP contribution in [0.2, 0.25) is 0 Å². The van der Waals surface area contributed by atoms with Gasteiger partial charge in [0, 0.05) is 36.1 Å². The molecule has 0 radical (unpaired) electrons. The van der Waals surface area contributed by atoms with Gasteiger partial charge < -0.3 is 19.7 Å². The van der Waals surface area contributed by atoms with Crippen LogP contribution in [0, 0.1) is 5.41 Å². The molecule has 46 heavy (non-hydrogen) atoms. The van der Waals surface area contributed by atoms with Gasteiger partial charge in [0.2, 0.25) is 5.91 Å². The van der Waals surface area contributed by atoms with Crippen LogP contribution >= 0.6 is 21.6 Å². The van der Waals surface area contributed by atoms with E-state index in [0.29, 0.717) is 36.9 Å². The van der Waals surface area contributed by atoms with Gasteiger partial charge in [0.05, 0.1) is 30.0 Å². The molecule has 252 valence electrons. The highest BCUT2D eigenvalue weighted by Crippen LogP contribution is 2.38. The fourth-order valence-electron chi connectivity index (χ4n) is 4.39. The number of ether oxygens (including phenoxy) is 2. The van der Waals surface area contributed by atoms with Crippen LogP contribution in [-0.4, -0.2) is 67.2 Å². The van der Waals surface area contributed by atoms with Gasteiger partial charge in [-0.05, 0) is 78.2 Å². The zero-order chi connectivity index (χ0) is 34.7. The largest absolute Gasteiger partial charge is 0.464 e. The van der Waals surface area contributed by atoms with E-state index in [-0.39, 0.29) is 35.5 Å². The lowest BCUT2D eigenvalue weighted by atomic mass is 9.93. The number of benzene rings is 1. The number of rotatable bonds is 15. The summed E-state index contributed by atoms with van der Waals surface area (Å²) in [4.78, 5) is 40.5. The molecular weight excluding hydrogens is 621 g/mol. The lowest BCUT2D eigenvalue weighted by molar-refractivity contribution is -0.152. The van der Waals surface area contributed by atoms with Crippen molar-refractivity contribution in [3.05, 3.63) is 71.9 Å². The first kappa shape index (κ1) is 39.0. The normalized spacial score (nSPS) is 17.6. The molecule has 0 aromatic heterocycles. The molecule has 0 spiro atoms. The first-order valence-corrected chi connectivity index (χ1v) is 17.6. The number of allylic oxidation sites excluding steroid dienone is 3. The second-order valence-corrected chi connectivity index (χ2v) is 16.1. The van der Waals surface area contributed by atoms with Gasteiger partial charge in [0.1, 0.15) is 12.2 Å². The van der Waals surface area contributed by atoms with Gasteiger partial charge in [-0.2, -0.15) is 10.2 Å². The van der Waals surface area contributed by atoms with E-state index in [0.717, 1.165) is 22.3 Å². The highest BCUT2D eigenvalue weighted by atomic mass is 33.1. The van der Waals surface area contributed by atoms with E-state index in [1.165, 1.54) is 0 Å². The maximum atomic E-state index is 13.7. The Kier molecular flexibility index (Phi) is 14.5. The van der Waals surface area contributed by atoms with Crippen molar-refractivity contribution in [1.82, 2.24) is 5.32 Å². The Bertz CT molecular complexity index is 1390. The van der Waals surface area contributed by atoms with Crippen LogP contribution in [0.3, 0.4) is 0 Å². The SMILES string of the molecule is C=C/C1=C(C=C)/C(C)=C(/N=NC)c2ccccc2N(C(=O)CCNC(=O)C(C)(C)OCC(C)(C)SSCCOC(=O)C(C)(C)C)C1. The number of carbonyl (C=O) groups excluding carboxylic acids is 3. The third-order valence-corrected chi connectivity index (χ3v) is 10.3. The topological polar surface area (TPSA) is 110 Å². The van der Waals surface area contributed by atoms with Crippen LogP contribution in [0.25, 0.3) is 5.70 Å². The lowest BCUT2D eigenvalue weighted by Crippen LogP contribution is -2.47. The Morgan fingerprint density at radius 2 is 1.74 bits per heavy atom. The summed E-state index contributed by atoms with van der Waals surface area (Å²) < 4.78 is 11.1. The average molecular weight is 671 g/mol. The monoisotopic (exact) mass is 670 g/mol. The maximum absolute atomic E-state index is 13.7. The minimum atomic E-state index is -1.11. The van der Waals surface area contributed by atoms with Crippen molar-refractivity contribution in [2.24, 2.45) is 15.6 Å². The molecular formula is C35H50N4O5S2. The summed E-state index contributed by atoms with van der Waals surface area (Å²) in [7, 11) is 4.82. The predicted octanol–water partition coefficient (Wildman–Crippen LogP) is 7.57. The summed E-state index contributed by atoms with van der Waals surface area (Å²) in [6.45, 7) is 24.0. The summed E-state index contributed by atoms with van der Waals surface area (Å²) in [5.41, 5.74) is 3.09. The molecule has 0 atom stereocenters. The molecule has 11 heteroatoms. The first-order chi connectivity index (χ1) is 21.5. The molecule has 2 amide bonds. The zero-order valence-electron chi connectivity index (χ0n) is 28.8. The van der Waals surface area contributed by atoms with E-state index in [1.807, 2.05) is 65.8 Å². The van der Waals surface area contributed by atoms with Gasteiger partial charge in [-0.15, -0.1) is 0 Å². The molecule has 1 aliphatic heterocycles. The molecule has 1 N–H and O–H groups in total. The molecule has 0 bridgehead atoms. The molecule has 9 nitrogen and oxygen atoms in total. The van der Waals surface area contributed by atoms with Crippen LogP contribution in [0.1, 0.15) is 67.4 Å². The number of nitrogens with one attached hydrogen (secondary N) is 1. The Balaban J connectivity index is 2.02. The second-order valence-electron chi connectivity index (χ2n) is 13.0. The summed E-state index contributed by atoms with van der Waals surface area (Å²) >= 11 is 0. The maximum Gasteiger partial charge on any atom is 0.311 e. The Morgan fingerprint density at radius 3 is 2.35 bits per heavy atom. The van der Waals surface area contributed by atoms with Crippen LogP contribution in [0.4, 0.5) is 5.69 Å². The predicted molar refractivity (Wildman–Crippen MR) is 192 cm³/mol. The van der Waals surface area contributed by atoms with Crippen LogP contribution in [-0.2, 0) is 23.9 Å². The molecule has 0 aliphatic carbocycles. The molecule has 2 rings (SSSR count). The average Bonchev–Trinajstić information content (AvgIpc) is 2.99. The highest BCUT2D eigenvalue weighted by Gasteiger charge is 2.32. The number of hydrogen-bond donors (Lipinski definition) is 1. The van der Waals surface area contributed by atoms with Gasteiger partial charge in [0.25, 0.3) is 5.91 Å². The molecule has 1 heterocycles. The van der Waals surface area contributed by atoms with E-state index in [4.69, 9.17) is 9.47 Å². The highest BCUT2D eigenvalue weighted by molar-refractivity contribution is 8.77. The quantitative estimate of drug-likeness (QED) is 0.0888. The number of carbonyl (C=O) groups is 3. The molecule has 1 aromatic rings. The molecule has 0 saturated carbocycles. The van der Waals surface area contributed by atoms with Gasteiger partial charge in [0.15, 0.2) is 0 Å². The minimum absolute atomic E-state index is 0.0785. The summed E-state index contributed by atoms with van der Waals surface area (Å²) in [5.74, 6) is -0.0403. The number of azo groups is 1. The van der Waals surface area contributed by atoms with Gasteiger partial charge in [-0.1, -0.05) is 65.1 Å². The Morgan fingerprint density at radius 1 is 1.07 bits per heavy atom. The van der Waals surface area contributed by atoms with E-state index in [2.05, 4.69) is 28.7 Å². The molecule has 1 aliphatic rings. The molecule has 0 fully saturated rings. The van der Waals surface area contributed by atoms with E-state index < -0.39 is 11.0 Å². The van der Waals surface area contributed by atoms with Crippen molar-refractivity contribution in [2.75, 3.05) is 44.0 Å². The fourth-order valence-corrected chi connectivity index (χ4v) is 6.61. The summed E-state index contributed by atoms with van der Waals surface area (Å²) in [5, 5.41) is 11.3. The standard InChI is InChI=1S/C35H50N4O5S2/c1-12-25-22-39(28-17-15-14-16-27(28)30(38-36-11)24(3)26(25)13-2)29(40)18-19-37-31(41)35(9,10)44-23-34(7,8)46-45-21-20-43-32(42)33(4,5)6/h12-17H,1-2,18-23H2,3-11H3,(H,37,41)/b26-25-,30-24+,38-36?. The Hall–Kier alpha value is -3.15.